The molecule has 0 radical (unpaired) electrons. The SMILES string of the molecule is O=C1C(OCCCCCCCCCC[P+](c2ccccc2)(c2ccccc2)c2ccccc2)=C(C2CCC(c3ccc(Cl)cc3)CC2)C(=O)c2ccccc21. The van der Waals surface area contributed by atoms with Gasteiger partial charge in [-0.25, -0.2) is 0 Å². The fourth-order valence-corrected chi connectivity index (χ4v) is 13.4. The summed E-state index contributed by atoms with van der Waals surface area (Å²) in [5, 5.41) is 5.13. The third-order valence-corrected chi connectivity index (χ3v) is 16.6. The molecule has 5 aromatic rings. The van der Waals surface area contributed by atoms with Gasteiger partial charge in [0.05, 0.1) is 12.8 Å². The van der Waals surface area contributed by atoms with Crippen molar-refractivity contribution in [2.45, 2.75) is 83.0 Å². The molecule has 0 amide bonds. The molecular weight excluding hydrogens is 715 g/mol. The van der Waals surface area contributed by atoms with Gasteiger partial charge in [0.25, 0.3) is 0 Å². The van der Waals surface area contributed by atoms with E-state index in [2.05, 4.69) is 103 Å². The fourth-order valence-electron chi connectivity index (χ4n) is 8.90. The molecular formula is C50H53ClO3P+. The monoisotopic (exact) mass is 767 g/mol. The van der Waals surface area contributed by atoms with Gasteiger partial charge in [0, 0.05) is 21.7 Å². The lowest BCUT2D eigenvalue weighted by atomic mass is 9.72. The van der Waals surface area contributed by atoms with Gasteiger partial charge in [-0.15, -0.1) is 0 Å². The summed E-state index contributed by atoms with van der Waals surface area (Å²) in [7, 11) is -1.76. The summed E-state index contributed by atoms with van der Waals surface area (Å²) in [5.41, 5.74) is 2.89. The molecule has 0 bridgehead atoms. The second-order valence-corrected chi connectivity index (χ2v) is 19.3. The molecule has 0 spiro atoms. The zero-order chi connectivity index (χ0) is 37.9. The summed E-state index contributed by atoms with van der Waals surface area (Å²) in [5.74, 6) is 0.606. The Kier molecular flexibility index (Phi) is 13.5. The van der Waals surface area contributed by atoms with Crippen LogP contribution in [0.5, 0.6) is 0 Å². The van der Waals surface area contributed by atoms with Gasteiger partial charge in [-0.05, 0) is 111 Å². The van der Waals surface area contributed by atoms with Crippen molar-refractivity contribution in [3.8, 4) is 0 Å². The summed E-state index contributed by atoms with van der Waals surface area (Å²) < 4.78 is 6.31. The van der Waals surface area contributed by atoms with Gasteiger partial charge in [0.2, 0.25) is 5.78 Å². The number of ether oxygens (including phenoxy) is 1. The highest BCUT2D eigenvalue weighted by atomic mass is 35.5. The molecule has 2 aliphatic carbocycles. The molecule has 0 unspecified atom stereocenters. The molecule has 55 heavy (non-hydrogen) atoms. The summed E-state index contributed by atoms with van der Waals surface area (Å²) in [6, 6.07) is 48.9. The molecule has 7 rings (SSSR count). The lowest BCUT2D eigenvalue weighted by Gasteiger charge is -2.32. The number of carbonyl (C=O) groups is 2. The second-order valence-electron chi connectivity index (χ2n) is 15.3. The van der Waals surface area contributed by atoms with E-state index in [9.17, 15) is 9.59 Å². The Labute approximate surface area is 333 Å². The summed E-state index contributed by atoms with van der Waals surface area (Å²) >= 11 is 6.14. The summed E-state index contributed by atoms with van der Waals surface area (Å²) in [6.07, 6.45) is 14.0. The maximum Gasteiger partial charge on any atom is 0.228 e. The van der Waals surface area contributed by atoms with Gasteiger partial charge in [-0.3, -0.25) is 9.59 Å². The number of ketones is 2. The Balaban J connectivity index is 0.896. The third-order valence-electron chi connectivity index (χ3n) is 11.8. The first kappa shape index (κ1) is 39.0. The molecule has 1 fully saturated rings. The number of halogens is 1. The van der Waals surface area contributed by atoms with Gasteiger partial charge < -0.3 is 4.74 Å². The van der Waals surface area contributed by atoms with E-state index < -0.39 is 7.26 Å². The van der Waals surface area contributed by atoms with Crippen LogP contribution in [-0.2, 0) is 4.74 Å². The van der Waals surface area contributed by atoms with Crippen molar-refractivity contribution in [2.24, 2.45) is 5.92 Å². The van der Waals surface area contributed by atoms with Crippen molar-refractivity contribution in [1.82, 2.24) is 0 Å². The molecule has 5 heteroatoms. The number of Topliss-reactive ketones (excluding diaryl/α,β-unsaturated/α-hetero) is 2. The Morgan fingerprint density at radius 3 is 1.45 bits per heavy atom. The number of hydrogen-bond acceptors (Lipinski definition) is 3. The molecule has 5 aromatic carbocycles. The first-order valence-corrected chi connectivity index (χ1v) is 22.8. The molecule has 3 nitrogen and oxygen atoms in total. The van der Waals surface area contributed by atoms with E-state index in [-0.39, 0.29) is 17.5 Å². The lowest BCUT2D eigenvalue weighted by Crippen LogP contribution is -2.33. The van der Waals surface area contributed by atoms with Crippen LogP contribution in [0.2, 0.25) is 5.02 Å². The topological polar surface area (TPSA) is 43.4 Å². The normalized spacial score (nSPS) is 17.3. The predicted molar refractivity (Wildman–Crippen MR) is 231 cm³/mol. The summed E-state index contributed by atoms with van der Waals surface area (Å²) in [6.45, 7) is 0.463. The van der Waals surface area contributed by atoms with Crippen LogP contribution in [0.4, 0.5) is 0 Å². The van der Waals surface area contributed by atoms with Crippen LogP contribution in [0.1, 0.15) is 109 Å². The van der Waals surface area contributed by atoms with E-state index >= 15 is 0 Å². The maximum absolute atomic E-state index is 13.9. The average molecular weight is 768 g/mol. The van der Waals surface area contributed by atoms with E-state index in [1.807, 2.05) is 24.3 Å². The first-order chi connectivity index (χ1) is 27.1. The minimum atomic E-state index is -1.76. The zero-order valence-electron chi connectivity index (χ0n) is 31.9. The highest BCUT2D eigenvalue weighted by molar-refractivity contribution is 7.95. The molecule has 0 N–H and O–H groups in total. The second kappa shape index (κ2) is 19.0. The van der Waals surface area contributed by atoms with Crippen molar-refractivity contribution in [3.05, 3.63) is 173 Å². The van der Waals surface area contributed by atoms with Crippen LogP contribution >= 0.6 is 18.9 Å². The first-order valence-electron chi connectivity index (χ1n) is 20.4. The van der Waals surface area contributed by atoms with Crippen molar-refractivity contribution >= 4 is 46.3 Å². The maximum atomic E-state index is 13.9. The molecule has 2 aliphatic rings. The highest BCUT2D eigenvalue weighted by Crippen LogP contribution is 2.56. The van der Waals surface area contributed by atoms with Gasteiger partial charge in [0.1, 0.15) is 23.2 Å². The van der Waals surface area contributed by atoms with E-state index in [1.165, 1.54) is 59.7 Å². The Hall–Kier alpha value is -4.30. The van der Waals surface area contributed by atoms with E-state index in [0.29, 0.717) is 35.0 Å². The number of benzene rings is 5. The quantitative estimate of drug-likeness (QED) is 0.0699. The fraction of sp³-hybridized carbons (Fsp3) is 0.320. The highest BCUT2D eigenvalue weighted by Gasteiger charge is 2.44. The molecule has 0 atom stereocenters. The van der Waals surface area contributed by atoms with Crippen molar-refractivity contribution < 1.29 is 14.3 Å². The van der Waals surface area contributed by atoms with E-state index in [4.69, 9.17) is 16.3 Å². The molecule has 0 heterocycles. The van der Waals surface area contributed by atoms with E-state index in [0.717, 1.165) is 50.0 Å². The van der Waals surface area contributed by atoms with Crippen LogP contribution < -0.4 is 15.9 Å². The molecule has 282 valence electrons. The molecule has 0 aliphatic heterocycles. The molecule has 0 saturated heterocycles. The summed E-state index contributed by atoms with van der Waals surface area (Å²) in [4.78, 5) is 27.7. The minimum Gasteiger partial charge on any atom is -0.489 e. The smallest absolute Gasteiger partial charge is 0.228 e. The van der Waals surface area contributed by atoms with Gasteiger partial charge in [-0.1, -0.05) is 135 Å². The van der Waals surface area contributed by atoms with Crippen LogP contribution in [-0.4, -0.2) is 24.3 Å². The van der Waals surface area contributed by atoms with Crippen LogP contribution in [0.15, 0.2) is 151 Å². The third kappa shape index (κ3) is 9.06. The standard InChI is InChI=1S/C50H53ClO3P/c51-41-34-32-39(33-35-41)38-28-30-40(31-29-38)47-48(52)45-26-16-17-27-46(45)49(53)50(47)54-36-18-5-3-1-2-4-6-19-37-55(42-20-10-7-11-21-42,43-22-12-8-13-23-43)44-24-14-9-15-25-44/h7-17,20-27,32-35,38,40H,1-6,18-19,28-31,36-37H2/q+1. The number of rotatable bonds is 17. The number of carbonyl (C=O) groups excluding carboxylic acids is 2. The van der Waals surface area contributed by atoms with Crippen LogP contribution in [0.3, 0.4) is 0 Å². The number of fused-ring (bicyclic) bond motifs is 1. The number of allylic oxidation sites excluding steroid dienone is 2. The van der Waals surface area contributed by atoms with Gasteiger partial charge >= 0.3 is 0 Å². The number of unbranched alkanes of at least 4 members (excludes halogenated alkanes) is 7. The molecule has 0 aromatic heterocycles. The molecule has 1 saturated carbocycles. The van der Waals surface area contributed by atoms with Gasteiger partial charge in [0.15, 0.2) is 11.5 Å². The van der Waals surface area contributed by atoms with Crippen LogP contribution in [0.25, 0.3) is 0 Å². The average Bonchev–Trinajstić information content (AvgIpc) is 3.24. The zero-order valence-corrected chi connectivity index (χ0v) is 33.5. The Morgan fingerprint density at radius 1 is 0.491 bits per heavy atom. The predicted octanol–water partition coefficient (Wildman–Crippen LogP) is 12.1. The van der Waals surface area contributed by atoms with Crippen molar-refractivity contribution in [2.75, 3.05) is 12.8 Å². The van der Waals surface area contributed by atoms with Crippen molar-refractivity contribution in [3.63, 3.8) is 0 Å². The Bertz CT molecular complexity index is 1940. The largest absolute Gasteiger partial charge is 0.489 e. The van der Waals surface area contributed by atoms with Crippen molar-refractivity contribution in [1.29, 1.82) is 0 Å². The van der Waals surface area contributed by atoms with E-state index in [1.54, 1.807) is 12.1 Å². The van der Waals surface area contributed by atoms with Gasteiger partial charge in [-0.2, -0.15) is 0 Å². The number of hydrogen-bond donors (Lipinski definition) is 0. The minimum absolute atomic E-state index is 0.0312. The Morgan fingerprint density at radius 2 is 0.927 bits per heavy atom. The lowest BCUT2D eigenvalue weighted by molar-refractivity contribution is 0.0851. The van der Waals surface area contributed by atoms with Crippen LogP contribution in [0, 0.1) is 5.92 Å².